The SMILES string of the molecule is Br.CCN1Cc2cc3ccccc3cc2C1. The summed E-state index contributed by atoms with van der Waals surface area (Å²) in [6.07, 6.45) is 0. The van der Waals surface area contributed by atoms with Gasteiger partial charge in [-0.15, -0.1) is 17.0 Å². The largest absolute Gasteiger partial charge is 0.295 e. The van der Waals surface area contributed by atoms with E-state index >= 15 is 0 Å². The minimum absolute atomic E-state index is 0. The monoisotopic (exact) mass is 277 g/mol. The van der Waals surface area contributed by atoms with Crippen LogP contribution in [0.15, 0.2) is 36.4 Å². The van der Waals surface area contributed by atoms with E-state index in [0.29, 0.717) is 0 Å². The number of nitrogens with zero attached hydrogens (tertiary/aromatic N) is 1. The third-order valence-electron chi connectivity index (χ3n) is 3.30. The number of benzene rings is 2. The van der Waals surface area contributed by atoms with Crippen molar-refractivity contribution in [2.24, 2.45) is 0 Å². The Morgan fingerprint density at radius 1 is 1.00 bits per heavy atom. The first kappa shape index (κ1) is 11.6. The highest BCUT2D eigenvalue weighted by molar-refractivity contribution is 8.93. The molecule has 0 unspecified atom stereocenters. The fourth-order valence-electron chi connectivity index (χ4n) is 2.39. The van der Waals surface area contributed by atoms with Crippen molar-refractivity contribution < 1.29 is 0 Å². The molecule has 0 fully saturated rings. The smallest absolute Gasteiger partial charge is 0.0240 e. The molecule has 0 bridgehead atoms. The van der Waals surface area contributed by atoms with Crippen LogP contribution in [0, 0.1) is 0 Å². The maximum absolute atomic E-state index is 2.48. The van der Waals surface area contributed by atoms with Gasteiger partial charge in [0.2, 0.25) is 0 Å². The number of hydrogen-bond acceptors (Lipinski definition) is 1. The van der Waals surface area contributed by atoms with E-state index in [1.807, 2.05) is 0 Å². The second-order valence-corrected chi connectivity index (χ2v) is 4.27. The fourth-order valence-corrected chi connectivity index (χ4v) is 2.39. The lowest BCUT2D eigenvalue weighted by molar-refractivity contribution is 0.301. The van der Waals surface area contributed by atoms with E-state index in [2.05, 4.69) is 48.2 Å². The summed E-state index contributed by atoms with van der Waals surface area (Å²) < 4.78 is 0. The van der Waals surface area contributed by atoms with Crippen molar-refractivity contribution in [1.29, 1.82) is 0 Å². The Balaban J connectivity index is 0.000000963. The maximum atomic E-state index is 2.48. The van der Waals surface area contributed by atoms with Crippen LogP contribution in [0.4, 0.5) is 0 Å². The second-order valence-electron chi connectivity index (χ2n) is 4.27. The first-order valence-electron chi connectivity index (χ1n) is 5.59. The molecule has 0 spiro atoms. The minimum atomic E-state index is 0. The predicted octanol–water partition coefficient (Wildman–Crippen LogP) is 3.75. The van der Waals surface area contributed by atoms with Gasteiger partial charge in [-0.2, -0.15) is 0 Å². The summed E-state index contributed by atoms with van der Waals surface area (Å²) in [4.78, 5) is 2.48. The molecule has 2 heteroatoms. The van der Waals surface area contributed by atoms with E-state index in [4.69, 9.17) is 0 Å². The second kappa shape index (κ2) is 4.56. The number of halogens is 1. The van der Waals surface area contributed by atoms with Gasteiger partial charge in [0.15, 0.2) is 0 Å². The molecule has 1 heterocycles. The molecule has 2 aromatic rings. The van der Waals surface area contributed by atoms with E-state index < -0.39 is 0 Å². The lowest BCUT2D eigenvalue weighted by Gasteiger charge is -2.09. The maximum Gasteiger partial charge on any atom is 0.0240 e. The standard InChI is InChI=1S/C14H15N.BrH/c1-2-15-9-13-7-11-5-3-4-6-12(11)8-14(13)10-15;/h3-8H,2,9-10H2,1H3;1H. The van der Waals surface area contributed by atoms with E-state index in [0.717, 1.165) is 19.6 Å². The Kier molecular flexibility index (Phi) is 3.31. The van der Waals surface area contributed by atoms with Crippen molar-refractivity contribution in [2.75, 3.05) is 6.54 Å². The number of rotatable bonds is 1. The van der Waals surface area contributed by atoms with Crippen LogP contribution < -0.4 is 0 Å². The Bertz CT molecular complexity index is 463. The summed E-state index contributed by atoms with van der Waals surface area (Å²) in [5, 5.41) is 2.74. The molecule has 16 heavy (non-hydrogen) atoms. The van der Waals surface area contributed by atoms with Crippen LogP contribution in [0.1, 0.15) is 18.1 Å². The molecule has 1 aliphatic rings. The van der Waals surface area contributed by atoms with E-state index in [1.54, 1.807) is 0 Å². The normalized spacial score (nSPS) is 14.8. The summed E-state index contributed by atoms with van der Waals surface area (Å²) in [6, 6.07) is 13.3. The molecule has 0 aliphatic carbocycles. The average molecular weight is 278 g/mol. The zero-order valence-electron chi connectivity index (χ0n) is 9.44. The summed E-state index contributed by atoms with van der Waals surface area (Å²) in [7, 11) is 0. The Morgan fingerprint density at radius 2 is 1.50 bits per heavy atom. The lowest BCUT2D eigenvalue weighted by Crippen LogP contribution is -2.14. The van der Waals surface area contributed by atoms with Crippen molar-refractivity contribution >= 4 is 27.8 Å². The van der Waals surface area contributed by atoms with Crippen LogP contribution in [0.5, 0.6) is 0 Å². The van der Waals surface area contributed by atoms with Gasteiger partial charge < -0.3 is 0 Å². The molecular weight excluding hydrogens is 262 g/mol. The molecule has 3 rings (SSSR count). The summed E-state index contributed by atoms with van der Waals surface area (Å²) in [6.45, 7) is 5.62. The Hall–Kier alpha value is -0.860. The zero-order chi connectivity index (χ0) is 10.3. The molecule has 0 radical (unpaired) electrons. The molecular formula is C14H16BrN. The molecule has 1 nitrogen and oxygen atoms in total. The third kappa shape index (κ3) is 1.87. The van der Waals surface area contributed by atoms with Gasteiger partial charge in [-0.25, -0.2) is 0 Å². The van der Waals surface area contributed by atoms with Crippen LogP contribution in [-0.2, 0) is 13.1 Å². The number of fused-ring (bicyclic) bond motifs is 2. The van der Waals surface area contributed by atoms with Crippen molar-refractivity contribution in [3.8, 4) is 0 Å². The van der Waals surface area contributed by atoms with Crippen molar-refractivity contribution in [3.05, 3.63) is 47.5 Å². The Morgan fingerprint density at radius 3 is 1.94 bits per heavy atom. The van der Waals surface area contributed by atoms with Gasteiger partial charge in [-0.1, -0.05) is 31.2 Å². The highest BCUT2D eigenvalue weighted by atomic mass is 79.9. The topological polar surface area (TPSA) is 3.24 Å². The van der Waals surface area contributed by atoms with Crippen molar-refractivity contribution in [2.45, 2.75) is 20.0 Å². The lowest BCUT2D eigenvalue weighted by atomic mass is 10.0. The average Bonchev–Trinajstić information content (AvgIpc) is 2.67. The van der Waals surface area contributed by atoms with Crippen molar-refractivity contribution in [1.82, 2.24) is 4.90 Å². The van der Waals surface area contributed by atoms with Gasteiger partial charge in [0.1, 0.15) is 0 Å². The van der Waals surface area contributed by atoms with Gasteiger partial charge in [-0.3, -0.25) is 4.90 Å². The molecule has 0 amide bonds. The van der Waals surface area contributed by atoms with Crippen LogP contribution in [0.2, 0.25) is 0 Å². The molecule has 84 valence electrons. The van der Waals surface area contributed by atoms with Crippen LogP contribution in [0.25, 0.3) is 10.8 Å². The number of hydrogen-bond donors (Lipinski definition) is 0. The summed E-state index contributed by atoms with van der Waals surface area (Å²) in [5.74, 6) is 0. The van der Waals surface area contributed by atoms with E-state index in [9.17, 15) is 0 Å². The highest BCUT2D eigenvalue weighted by Crippen LogP contribution is 2.27. The predicted molar refractivity (Wildman–Crippen MR) is 74.1 cm³/mol. The van der Waals surface area contributed by atoms with Gasteiger partial charge in [-0.05, 0) is 40.6 Å². The molecule has 0 saturated carbocycles. The molecule has 0 saturated heterocycles. The van der Waals surface area contributed by atoms with Crippen LogP contribution in [0.3, 0.4) is 0 Å². The quantitative estimate of drug-likeness (QED) is 0.767. The zero-order valence-corrected chi connectivity index (χ0v) is 11.2. The summed E-state index contributed by atoms with van der Waals surface area (Å²) >= 11 is 0. The van der Waals surface area contributed by atoms with Gasteiger partial charge in [0.25, 0.3) is 0 Å². The first-order valence-corrected chi connectivity index (χ1v) is 5.59. The van der Waals surface area contributed by atoms with Gasteiger partial charge in [0, 0.05) is 13.1 Å². The van der Waals surface area contributed by atoms with Crippen LogP contribution in [-0.4, -0.2) is 11.4 Å². The Labute approximate surface area is 107 Å². The molecule has 0 aromatic heterocycles. The highest BCUT2D eigenvalue weighted by Gasteiger charge is 2.17. The fraction of sp³-hybridized carbons (Fsp3) is 0.286. The molecule has 2 aromatic carbocycles. The molecule has 0 atom stereocenters. The van der Waals surface area contributed by atoms with Crippen LogP contribution >= 0.6 is 17.0 Å². The molecule has 0 N–H and O–H groups in total. The van der Waals surface area contributed by atoms with Crippen molar-refractivity contribution in [3.63, 3.8) is 0 Å². The first-order chi connectivity index (χ1) is 7.36. The van der Waals surface area contributed by atoms with E-state index in [-0.39, 0.29) is 17.0 Å². The third-order valence-corrected chi connectivity index (χ3v) is 3.30. The van der Waals surface area contributed by atoms with Gasteiger partial charge >= 0.3 is 0 Å². The van der Waals surface area contributed by atoms with Gasteiger partial charge in [0.05, 0.1) is 0 Å². The van der Waals surface area contributed by atoms with E-state index in [1.165, 1.54) is 21.9 Å². The molecule has 1 aliphatic heterocycles. The summed E-state index contributed by atoms with van der Waals surface area (Å²) in [5.41, 5.74) is 3.02. The minimum Gasteiger partial charge on any atom is -0.295 e.